The topological polar surface area (TPSA) is 58.4 Å². The lowest BCUT2D eigenvalue weighted by molar-refractivity contribution is -0.0735. The molecule has 0 bridgehead atoms. The van der Waals surface area contributed by atoms with Gasteiger partial charge in [-0.25, -0.2) is 4.39 Å². The standard InChI is InChI=1S/C25H23ClFN3O2/c26-21-4-2-1-3-18(21)23-20(15-5-6-15)12-28-30(23)16-10-25(11-16)13-29(14-25)24(32)19-9-17(31)7-8-22(19)27/h1-4,7-9,12,15-16,31H,5-6,10-11,13-14H2. The second-order valence-corrected chi connectivity index (χ2v) is 9.94. The molecule has 5 nitrogen and oxygen atoms in total. The summed E-state index contributed by atoms with van der Waals surface area (Å²) in [6, 6.07) is 11.8. The van der Waals surface area contributed by atoms with Crippen LogP contribution in [0.3, 0.4) is 0 Å². The number of hydrogen-bond donors (Lipinski definition) is 1. The van der Waals surface area contributed by atoms with E-state index in [1.54, 1.807) is 4.90 Å². The summed E-state index contributed by atoms with van der Waals surface area (Å²) < 4.78 is 16.2. The Bertz CT molecular complexity index is 1220. The monoisotopic (exact) mass is 451 g/mol. The molecule has 2 heterocycles. The zero-order chi connectivity index (χ0) is 22.0. The van der Waals surface area contributed by atoms with E-state index in [0.717, 1.165) is 35.2 Å². The summed E-state index contributed by atoms with van der Waals surface area (Å²) in [6.07, 6.45) is 6.26. The Morgan fingerprint density at radius 1 is 1.16 bits per heavy atom. The van der Waals surface area contributed by atoms with E-state index in [1.165, 1.54) is 30.5 Å². The summed E-state index contributed by atoms with van der Waals surface area (Å²) >= 11 is 6.55. The van der Waals surface area contributed by atoms with Crippen molar-refractivity contribution in [2.24, 2.45) is 5.41 Å². The van der Waals surface area contributed by atoms with Crippen LogP contribution < -0.4 is 0 Å². The third-order valence-corrected chi connectivity index (χ3v) is 7.50. The van der Waals surface area contributed by atoms with Gasteiger partial charge in [0.2, 0.25) is 0 Å². The number of nitrogens with zero attached hydrogens (tertiary/aromatic N) is 3. The van der Waals surface area contributed by atoms with Crippen molar-refractivity contribution in [3.8, 4) is 17.0 Å². The van der Waals surface area contributed by atoms with Crippen LogP contribution in [0.5, 0.6) is 5.75 Å². The molecular formula is C25H23ClFN3O2. The Kier molecular flexibility index (Phi) is 4.37. The van der Waals surface area contributed by atoms with Crippen LogP contribution in [0.4, 0.5) is 4.39 Å². The molecule has 0 unspecified atom stereocenters. The highest BCUT2D eigenvalue weighted by Crippen LogP contribution is 2.56. The van der Waals surface area contributed by atoms with E-state index in [-0.39, 0.29) is 28.7 Å². The van der Waals surface area contributed by atoms with Gasteiger partial charge in [0.15, 0.2) is 0 Å². The van der Waals surface area contributed by atoms with Gasteiger partial charge in [0.1, 0.15) is 11.6 Å². The molecule has 2 aliphatic carbocycles. The summed E-state index contributed by atoms with van der Waals surface area (Å²) in [5.74, 6) is -0.503. The SMILES string of the molecule is O=C(c1cc(O)ccc1F)N1CC2(CC(n3ncc(C4CC4)c3-c3ccccc3Cl)C2)C1. The maximum atomic E-state index is 14.0. The predicted molar refractivity (Wildman–Crippen MR) is 119 cm³/mol. The Labute approximate surface area is 190 Å². The molecule has 2 saturated carbocycles. The van der Waals surface area contributed by atoms with Crippen molar-refractivity contribution >= 4 is 17.5 Å². The van der Waals surface area contributed by atoms with Crippen LogP contribution in [0.15, 0.2) is 48.7 Å². The molecule has 3 fully saturated rings. The summed E-state index contributed by atoms with van der Waals surface area (Å²) in [7, 11) is 0. The van der Waals surface area contributed by atoms with E-state index in [1.807, 2.05) is 24.4 Å². The first-order chi connectivity index (χ1) is 15.4. The van der Waals surface area contributed by atoms with Gasteiger partial charge in [0.05, 0.1) is 23.5 Å². The number of carbonyl (C=O) groups excluding carboxylic acids is 1. The minimum atomic E-state index is -0.603. The van der Waals surface area contributed by atoms with E-state index >= 15 is 0 Å². The molecule has 164 valence electrons. The maximum absolute atomic E-state index is 14.0. The quantitative estimate of drug-likeness (QED) is 0.577. The summed E-state index contributed by atoms with van der Waals surface area (Å²) in [4.78, 5) is 14.4. The highest BCUT2D eigenvalue weighted by Gasteiger charge is 2.55. The fourth-order valence-electron chi connectivity index (χ4n) is 5.40. The van der Waals surface area contributed by atoms with Crippen molar-refractivity contribution in [2.75, 3.05) is 13.1 Å². The molecule has 1 aliphatic heterocycles. The Balaban J connectivity index is 1.19. The number of halogens is 2. The van der Waals surface area contributed by atoms with Gasteiger partial charge < -0.3 is 10.0 Å². The van der Waals surface area contributed by atoms with Gasteiger partial charge in [0, 0.05) is 34.7 Å². The number of aromatic nitrogens is 2. The first-order valence-electron chi connectivity index (χ1n) is 11.0. The lowest BCUT2D eigenvalue weighted by atomic mass is 9.60. The zero-order valence-electron chi connectivity index (χ0n) is 17.5. The smallest absolute Gasteiger partial charge is 0.257 e. The second kappa shape index (κ2) is 7.07. The average molecular weight is 452 g/mol. The lowest BCUT2D eigenvalue weighted by Gasteiger charge is -2.59. The van der Waals surface area contributed by atoms with Crippen molar-refractivity contribution in [3.05, 3.63) is 70.6 Å². The number of hydrogen-bond acceptors (Lipinski definition) is 3. The van der Waals surface area contributed by atoms with Crippen molar-refractivity contribution in [1.82, 2.24) is 14.7 Å². The molecule has 0 atom stereocenters. The van der Waals surface area contributed by atoms with Crippen molar-refractivity contribution in [3.63, 3.8) is 0 Å². The van der Waals surface area contributed by atoms with Gasteiger partial charge in [-0.3, -0.25) is 9.48 Å². The molecule has 1 saturated heterocycles. The molecule has 3 aliphatic rings. The third-order valence-electron chi connectivity index (χ3n) is 7.17. The fourth-order valence-corrected chi connectivity index (χ4v) is 5.63. The molecule has 3 aromatic rings. The van der Waals surface area contributed by atoms with Crippen molar-refractivity contribution in [2.45, 2.75) is 37.6 Å². The van der Waals surface area contributed by atoms with E-state index in [4.69, 9.17) is 16.7 Å². The normalized spacial score (nSPS) is 19.6. The van der Waals surface area contributed by atoms with Gasteiger partial charge in [-0.15, -0.1) is 0 Å². The van der Waals surface area contributed by atoms with Gasteiger partial charge in [-0.05, 0) is 55.9 Å². The predicted octanol–water partition coefficient (Wildman–Crippen LogP) is 5.40. The Morgan fingerprint density at radius 3 is 2.62 bits per heavy atom. The zero-order valence-corrected chi connectivity index (χ0v) is 18.2. The van der Waals surface area contributed by atoms with E-state index in [2.05, 4.69) is 10.7 Å². The number of phenols is 1. The Hall–Kier alpha value is -2.86. The molecular weight excluding hydrogens is 429 g/mol. The molecule has 32 heavy (non-hydrogen) atoms. The molecule has 7 heteroatoms. The minimum Gasteiger partial charge on any atom is -0.508 e. The van der Waals surface area contributed by atoms with Crippen LogP contribution >= 0.6 is 11.6 Å². The van der Waals surface area contributed by atoms with Crippen LogP contribution in [0, 0.1) is 11.2 Å². The van der Waals surface area contributed by atoms with Gasteiger partial charge in [-0.1, -0.05) is 29.8 Å². The first-order valence-corrected chi connectivity index (χ1v) is 11.4. The first kappa shape index (κ1) is 19.8. The van der Waals surface area contributed by atoms with Gasteiger partial charge in [0.25, 0.3) is 5.91 Å². The molecule has 2 aromatic carbocycles. The second-order valence-electron chi connectivity index (χ2n) is 9.53. The summed E-state index contributed by atoms with van der Waals surface area (Å²) in [6.45, 7) is 1.21. The molecule has 1 amide bonds. The number of rotatable bonds is 4. The van der Waals surface area contributed by atoms with Crippen LogP contribution in [0.25, 0.3) is 11.3 Å². The minimum absolute atomic E-state index is 0.0665. The number of benzene rings is 2. The molecule has 0 radical (unpaired) electrons. The number of phenolic OH excluding ortho intramolecular Hbond substituents is 1. The third kappa shape index (κ3) is 3.12. The van der Waals surface area contributed by atoms with Crippen LogP contribution in [-0.2, 0) is 0 Å². The highest BCUT2D eigenvalue weighted by molar-refractivity contribution is 6.33. The highest BCUT2D eigenvalue weighted by atomic mass is 35.5. The fraction of sp³-hybridized carbons (Fsp3) is 0.360. The van der Waals surface area contributed by atoms with Crippen molar-refractivity contribution in [1.29, 1.82) is 0 Å². The molecule has 6 rings (SSSR count). The Morgan fingerprint density at radius 2 is 1.91 bits per heavy atom. The largest absolute Gasteiger partial charge is 0.508 e. The summed E-state index contributed by atoms with van der Waals surface area (Å²) in [5, 5.41) is 15.1. The van der Waals surface area contributed by atoms with E-state index < -0.39 is 5.82 Å². The van der Waals surface area contributed by atoms with Gasteiger partial charge in [-0.2, -0.15) is 5.10 Å². The molecule has 1 N–H and O–H groups in total. The maximum Gasteiger partial charge on any atom is 0.257 e. The van der Waals surface area contributed by atoms with Crippen LogP contribution in [0.1, 0.15) is 53.6 Å². The molecule has 1 spiro atoms. The summed E-state index contributed by atoms with van der Waals surface area (Å²) in [5.41, 5.74) is 3.44. The number of aromatic hydroxyl groups is 1. The average Bonchev–Trinajstić information content (AvgIpc) is 3.48. The van der Waals surface area contributed by atoms with E-state index in [0.29, 0.717) is 19.0 Å². The molecule has 1 aromatic heterocycles. The van der Waals surface area contributed by atoms with Gasteiger partial charge >= 0.3 is 0 Å². The number of carbonyl (C=O) groups is 1. The van der Waals surface area contributed by atoms with Crippen LogP contribution in [0.2, 0.25) is 5.02 Å². The number of likely N-dealkylation sites (tertiary alicyclic amines) is 1. The van der Waals surface area contributed by atoms with Crippen LogP contribution in [-0.4, -0.2) is 38.8 Å². The number of amides is 1. The van der Waals surface area contributed by atoms with E-state index in [9.17, 15) is 14.3 Å². The van der Waals surface area contributed by atoms with Crippen molar-refractivity contribution < 1.29 is 14.3 Å². The lowest BCUT2D eigenvalue weighted by Crippen LogP contribution is -2.64.